The highest BCUT2D eigenvalue weighted by molar-refractivity contribution is 9.10. The minimum atomic E-state index is 0.306. The van der Waals surface area contributed by atoms with Crippen LogP contribution in [0.25, 0.3) is 0 Å². The Morgan fingerprint density at radius 1 is 1.14 bits per heavy atom. The zero-order valence-corrected chi connectivity index (χ0v) is 14.4. The van der Waals surface area contributed by atoms with Gasteiger partial charge in [0.2, 0.25) is 0 Å². The number of hydrogen-bond donors (Lipinski definition) is 1. The molecule has 0 unspecified atom stereocenters. The third kappa shape index (κ3) is 4.04. The fraction of sp³-hybridized carbons (Fsp3) is 0.200. The first kappa shape index (κ1) is 16.4. The number of rotatable bonds is 5. The minimum Gasteiger partial charge on any atom is -0.493 e. The van der Waals surface area contributed by atoms with E-state index in [1.165, 1.54) is 0 Å². The molecule has 21 heavy (non-hydrogen) atoms. The summed E-state index contributed by atoms with van der Waals surface area (Å²) in [5.41, 5.74) is 7.40. The van der Waals surface area contributed by atoms with E-state index >= 15 is 0 Å². The van der Waals surface area contributed by atoms with Gasteiger partial charge in [-0.15, -0.1) is 0 Å². The zero-order chi connectivity index (χ0) is 15.4. The monoisotopic (exact) mass is 389 g/mol. The molecule has 2 N–H and O–H groups in total. The van der Waals surface area contributed by atoms with Crippen molar-refractivity contribution < 1.29 is 9.47 Å². The van der Waals surface area contributed by atoms with E-state index < -0.39 is 0 Å². The quantitative estimate of drug-likeness (QED) is 0.797. The van der Waals surface area contributed by atoms with Crippen LogP contribution in [-0.4, -0.2) is 7.11 Å². The number of halogens is 3. The molecule has 0 fully saturated rings. The summed E-state index contributed by atoms with van der Waals surface area (Å²) in [4.78, 5) is 0. The van der Waals surface area contributed by atoms with Crippen LogP contribution in [0, 0.1) is 0 Å². The van der Waals surface area contributed by atoms with Crippen molar-refractivity contribution >= 4 is 39.1 Å². The molecule has 2 aromatic carbocycles. The lowest BCUT2D eigenvalue weighted by Gasteiger charge is -2.15. The summed E-state index contributed by atoms with van der Waals surface area (Å²) >= 11 is 15.6. The van der Waals surface area contributed by atoms with Crippen LogP contribution in [0.4, 0.5) is 0 Å². The second-order valence-electron chi connectivity index (χ2n) is 4.32. The molecular weight excluding hydrogens is 377 g/mol. The largest absolute Gasteiger partial charge is 0.493 e. The Morgan fingerprint density at radius 3 is 2.52 bits per heavy atom. The average molecular weight is 391 g/mol. The molecule has 0 amide bonds. The van der Waals surface area contributed by atoms with Gasteiger partial charge in [-0.2, -0.15) is 0 Å². The van der Waals surface area contributed by atoms with Crippen LogP contribution in [0.15, 0.2) is 34.8 Å². The second-order valence-corrected chi connectivity index (χ2v) is 6.08. The zero-order valence-electron chi connectivity index (χ0n) is 11.3. The Hall–Kier alpha value is -0.940. The molecule has 0 bridgehead atoms. The van der Waals surface area contributed by atoms with Crippen molar-refractivity contribution in [3.05, 3.63) is 56.0 Å². The molecule has 0 aliphatic carbocycles. The van der Waals surface area contributed by atoms with Crippen LogP contribution in [0.5, 0.6) is 11.5 Å². The Bertz CT molecular complexity index is 625. The molecule has 6 heteroatoms. The van der Waals surface area contributed by atoms with Crippen LogP contribution in [0.3, 0.4) is 0 Å². The van der Waals surface area contributed by atoms with Crippen molar-refractivity contribution in [3.63, 3.8) is 0 Å². The third-order valence-electron chi connectivity index (χ3n) is 2.92. The van der Waals surface area contributed by atoms with Gasteiger partial charge < -0.3 is 15.2 Å². The first-order valence-electron chi connectivity index (χ1n) is 6.18. The molecule has 2 aromatic rings. The summed E-state index contributed by atoms with van der Waals surface area (Å²) in [6.07, 6.45) is 0. The molecule has 2 rings (SSSR count). The Labute approximate surface area is 142 Å². The van der Waals surface area contributed by atoms with Gasteiger partial charge >= 0.3 is 0 Å². The van der Waals surface area contributed by atoms with Gasteiger partial charge in [0.15, 0.2) is 11.5 Å². The van der Waals surface area contributed by atoms with Gasteiger partial charge in [-0.25, -0.2) is 0 Å². The van der Waals surface area contributed by atoms with Gasteiger partial charge in [0.1, 0.15) is 6.61 Å². The fourth-order valence-corrected chi connectivity index (χ4v) is 2.84. The van der Waals surface area contributed by atoms with Crippen LogP contribution in [0.1, 0.15) is 11.1 Å². The highest BCUT2D eigenvalue weighted by Crippen LogP contribution is 2.35. The molecule has 0 saturated carbocycles. The van der Waals surface area contributed by atoms with E-state index in [4.69, 9.17) is 38.4 Å². The van der Waals surface area contributed by atoms with Crippen LogP contribution in [0.2, 0.25) is 10.0 Å². The topological polar surface area (TPSA) is 44.5 Å². The molecule has 0 aliphatic rings. The lowest BCUT2D eigenvalue weighted by molar-refractivity contribution is 0.281. The predicted octanol–water partition coefficient (Wildman–Crippen LogP) is 4.80. The van der Waals surface area contributed by atoms with Gasteiger partial charge in [-0.1, -0.05) is 45.2 Å². The summed E-state index contributed by atoms with van der Waals surface area (Å²) in [7, 11) is 1.56. The van der Waals surface area contributed by atoms with Crippen molar-refractivity contribution in [2.75, 3.05) is 7.11 Å². The van der Waals surface area contributed by atoms with Crippen LogP contribution >= 0.6 is 39.1 Å². The molecular formula is C15H14BrCl2NO2. The molecule has 0 atom stereocenters. The Balaban J connectivity index is 2.26. The van der Waals surface area contributed by atoms with E-state index in [0.29, 0.717) is 34.7 Å². The van der Waals surface area contributed by atoms with Crippen molar-refractivity contribution in [2.45, 2.75) is 13.2 Å². The highest BCUT2D eigenvalue weighted by Gasteiger charge is 2.13. The molecule has 0 saturated heterocycles. The average Bonchev–Trinajstić information content (AvgIpc) is 2.46. The summed E-state index contributed by atoms with van der Waals surface area (Å²) in [5.74, 6) is 1.14. The van der Waals surface area contributed by atoms with Crippen LogP contribution in [-0.2, 0) is 13.2 Å². The van der Waals surface area contributed by atoms with Crippen molar-refractivity contribution in [1.82, 2.24) is 0 Å². The van der Waals surface area contributed by atoms with E-state index in [-0.39, 0.29) is 0 Å². The van der Waals surface area contributed by atoms with Gasteiger partial charge in [-0.05, 0) is 18.2 Å². The van der Waals surface area contributed by atoms with E-state index in [1.807, 2.05) is 18.2 Å². The fourth-order valence-electron chi connectivity index (χ4n) is 1.88. The first-order chi connectivity index (χ1) is 10.0. The molecule has 0 spiro atoms. The molecule has 0 radical (unpaired) electrons. The highest BCUT2D eigenvalue weighted by atomic mass is 79.9. The maximum atomic E-state index is 6.18. The van der Waals surface area contributed by atoms with Gasteiger partial charge in [0.25, 0.3) is 0 Å². The minimum absolute atomic E-state index is 0.306. The standard InChI is InChI=1S/C15H14BrCl2NO2/c1-20-14-6-12(17)4-10(7-19)15(14)21-8-9-2-3-11(16)5-13(9)18/h2-6H,7-8,19H2,1H3. The summed E-state index contributed by atoms with van der Waals surface area (Å²) < 4.78 is 12.1. The lowest BCUT2D eigenvalue weighted by Crippen LogP contribution is -2.05. The van der Waals surface area contributed by atoms with Crippen molar-refractivity contribution in [2.24, 2.45) is 5.73 Å². The Morgan fingerprint density at radius 2 is 1.90 bits per heavy atom. The predicted molar refractivity (Wildman–Crippen MR) is 89.4 cm³/mol. The van der Waals surface area contributed by atoms with Crippen molar-refractivity contribution in [3.8, 4) is 11.5 Å². The first-order valence-corrected chi connectivity index (χ1v) is 7.73. The van der Waals surface area contributed by atoms with Gasteiger partial charge in [0, 0.05) is 38.3 Å². The second kappa shape index (κ2) is 7.36. The molecule has 112 valence electrons. The Kier molecular flexibility index (Phi) is 5.76. The van der Waals surface area contributed by atoms with E-state index in [2.05, 4.69) is 15.9 Å². The summed E-state index contributed by atoms with van der Waals surface area (Å²) in [6, 6.07) is 9.09. The van der Waals surface area contributed by atoms with E-state index in [9.17, 15) is 0 Å². The van der Waals surface area contributed by atoms with E-state index in [1.54, 1.807) is 19.2 Å². The number of methoxy groups -OCH3 is 1. The molecule has 3 nitrogen and oxygen atoms in total. The van der Waals surface area contributed by atoms with Crippen LogP contribution < -0.4 is 15.2 Å². The summed E-state index contributed by atoms with van der Waals surface area (Å²) in [6.45, 7) is 0.622. The van der Waals surface area contributed by atoms with Crippen molar-refractivity contribution in [1.29, 1.82) is 0 Å². The maximum absolute atomic E-state index is 6.18. The molecule has 0 heterocycles. The SMILES string of the molecule is COc1cc(Cl)cc(CN)c1OCc1ccc(Br)cc1Cl. The normalized spacial score (nSPS) is 10.5. The maximum Gasteiger partial charge on any atom is 0.166 e. The lowest BCUT2D eigenvalue weighted by atomic mass is 10.2. The number of nitrogens with two attached hydrogens (primary N) is 1. The smallest absolute Gasteiger partial charge is 0.166 e. The number of benzene rings is 2. The molecule has 0 aromatic heterocycles. The van der Waals surface area contributed by atoms with Gasteiger partial charge in [-0.3, -0.25) is 0 Å². The van der Waals surface area contributed by atoms with E-state index in [0.717, 1.165) is 15.6 Å². The number of ether oxygens (including phenoxy) is 2. The molecule has 0 aliphatic heterocycles. The number of hydrogen-bond acceptors (Lipinski definition) is 3. The third-order valence-corrected chi connectivity index (χ3v) is 3.99. The van der Waals surface area contributed by atoms with Gasteiger partial charge in [0.05, 0.1) is 7.11 Å². The summed E-state index contributed by atoms with van der Waals surface area (Å²) in [5, 5.41) is 1.19.